The monoisotopic (exact) mass is 244 g/mol. The first-order chi connectivity index (χ1) is 7.61. The minimum Gasteiger partial charge on any atom is -0.337 e. The number of rotatable bonds is 5. The van der Waals surface area contributed by atoms with Gasteiger partial charge in [0.1, 0.15) is 0 Å². The van der Waals surface area contributed by atoms with Crippen LogP contribution in [0.5, 0.6) is 0 Å². The summed E-state index contributed by atoms with van der Waals surface area (Å²) < 4.78 is 0. The molecule has 0 bridgehead atoms. The van der Waals surface area contributed by atoms with E-state index in [-0.39, 0.29) is 0 Å². The summed E-state index contributed by atoms with van der Waals surface area (Å²) in [6.45, 7) is 9.30. The summed E-state index contributed by atoms with van der Waals surface area (Å²) in [5, 5.41) is 3.30. The Balaban J connectivity index is 2.18. The molecule has 1 aliphatic heterocycles. The molecule has 0 saturated carbocycles. The highest BCUT2D eigenvalue weighted by Crippen LogP contribution is 2.11. The second-order valence-corrected chi connectivity index (χ2v) is 5.98. The molecular weight excluding hydrogens is 220 g/mol. The van der Waals surface area contributed by atoms with Gasteiger partial charge in [-0.25, -0.2) is 0 Å². The summed E-state index contributed by atoms with van der Waals surface area (Å²) in [6, 6.07) is 0.354. The Labute approximate surface area is 103 Å². The lowest BCUT2D eigenvalue weighted by molar-refractivity contribution is -0.131. The lowest BCUT2D eigenvalue weighted by Gasteiger charge is -2.34. The highest BCUT2D eigenvalue weighted by molar-refractivity contribution is 7.99. The van der Waals surface area contributed by atoms with E-state index in [0.29, 0.717) is 17.7 Å². The fourth-order valence-electron chi connectivity index (χ4n) is 1.77. The van der Waals surface area contributed by atoms with E-state index < -0.39 is 0 Å². The Kier molecular flexibility index (Phi) is 6.21. The second-order valence-electron chi connectivity index (χ2n) is 4.88. The molecule has 1 fully saturated rings. The van der Waals surface area contributed by atoms with Crippen LogP contribution in [0.25, 0.3) is 0 Å². The Hall–Kier alpha value is -0.220. The van der Waals surface area contributed by atoms with Gasteiger partial charge in [0.15, 0.2) is 0 Å². The second kappa shape index (κ2) is 7.17. The van der Waals surface area contributed by atoms with E-state index in [1.54, 1.807) is 11.8 Å². The van der Waals surface area contributed by atoms with Crippen molar-refractivity contribution in [3.8, 4) is 0 Å². The highest BCUT2D eigenvalue weighted by Gasteiger charge is 2.22. The molecule has 1 heterocycles. The van der Waals surface area contributed by atoms with Crippen molar-refractivity contribution in [2.45, 2.75) is 33.2 Å². The van der Waals surface area contributed by atoms with Crippen molar-refractivity contribution in [1.82, 2.24) is 10.2 Å². The molecule has 1 rings (SSSR count). The van der Waals surface area contributed by atoms with E-state index in [0.717, 1.165) is 31.3 Å². The summed E-state index contributed by atoms with van der Waals surface area (Å²) in [5.41, 5.74) is 0. The third kappa shape index (κ3) is 4.74. The maximum absolute atomic E-state index is 11.9. The van der Waals surface area contributed by atoms with Crippen LogP contribution in [0.1, 0.15) is 27.2 Å². The Morgan fingerprint density at radius 2 is 2.31 bits per heavy atom. The number of thioether (sulfide) groups is 1. The predicted octanol–water partition coefficient (Wildman–Crippen LogP) is 1.59. The first kappa shape index (κ1) is 13.8. The molecule has 1 aliphatic rings. The van der Waals surface area contributed by atoms with E-state index >= 15 is 0 Å². The number of hydrogen-bond donors (Lipinski definition) is 1. The van der Waals surface area contributed by atoms with Gasteiger partial charge in [0.25, 0.3) is 0 Å². The fourth-order valence-corrected chi connectivity index (χ4v) is 2.90. The minimum atomic E-state index is 0.308. The van der Waals surface area contributed by atoms with E-state index in [1.165, 1.54) is 6.42 Å². The molecule has 16 heavy (non-hydrogen) atoms. The van der Waals surface area contributed by atoms with E-state index in [2.05, 4.69) is 26.1 Å². The molecule has 1 N–H and O–H groups in total. The molecule has 1 unspecified atom stereocenters. The smallest absolute Gasteiger partial charge is 0.232 e. The molecule has 0 aromatic rings. The average Bonchev–Trinajstić information content (AvgIpc) is 2.24. The van der Waals surface area contributed by atoms with Crippen LogP contribution in [0.3, 0.4) is 0 Å². The standard InChI is InChI=1S/C12H24N2OS/c1-10(2)4-7-16-9-12(15)14-6-5-13-8-11(14)3/h10-11,13H,4-9H2,1-3H3. The zero-order valence-electron chi connectivity index (χ0n) is 10.7. The van der Waals surface area contributed by atoms with Gasteiger partial charge in [-0.15, -0.1) is 0 Å². The molecule has 0 aromatic carbocycles. The Morgan fingerprint density at radius 3 is 2.94 bits per heavy atom. The molecule has 3 nitrogen and oxygen atoms in total. The largest absolute Gasteiger partial charge is 0.337 e. The molecule has 1 saturated heterocycles. The van der Waals surface area contributed by atoms with Crippen molar-refractivity contribution < 1.29 is 4.79 Å². The van der Waals surface area contributed by atoms with Gasteiger partial charge in [0.2, 0.25) is 5.91 Å². The summed E-state index contributed by atoms with van der Waals surface area (Å²) >= 11 is 1.77. The molecule has 4 heteroatoms. The molecule has 94 valence electrons. The van der Waals surface area contributed by atoms with Crippen molar-refractivity contribution in [3.63, 3.8) is 0 Å². The average molecular weight is 244 g/mol. The Bertz CT molecular complexity index is 221. The number of amides is 1. The van der Waals surface area contributed by atoms with Gasteiger partial charge in [0, 0.05) is 25.7 Å². The molecule has 0 aromatic heterocycles. The quantitative estimate of drug-likeness (QED) is 0.745. The topological polar surface area (TPSA) is 32.3 Å². The summed E-state index contributed by atoms with van der Waals surface area (Å²) in [6.07, 6.45) is 1.20. The number of nitrogens with zero attached hydrogens (tertiary/aromatic N) is 1. The summed E-state index contributed by atoms with van der Waals surface area (Å²) in [5.74, 6) is 2.80. The fraction of sp³-hybridized carbons (Fsp3) is 0.917. The number of piperazine rings is 1. The van der Waals surface area contributed by atoms with Gasteiger partial charge in [-0.2, -0.15) is 11.8 Å². The van der Waals surface area contributed by atoms with Gasteiger partial charge in [0.05, 0.1) is 5.75 Å². The van der Waals surface area contributed by atoms with Crippen LogP contribution in [-0.2, 0) is 4.79 Å². The summed E-state index contributed by atoms with van der Waals surface area (Å²) in [7, 11) is 0. The zero-order valence-corrected chi connectivity index (χ0v) is 11.5. The van der Waals surface area contributed by atoms with Crippen LogP contribution in [0.4, 0.5) is 0 Å². The number of carbonyl (C=O) groups excluding carboxylic acids is 1. The van der Waals surface area contributed by atoms with Crippen molar-refractivity contribution >= 4 is 17.7 Å². The highest BCUT2D eigenvalue weighted by atomic mass is 32.2. The zero-order chi connectivity index (χ0) is 12.0. The third-order valence-electron chi connectivity index (χ3n) is 2.89. The van der Waals surface area contributed by atoms with E-state index in [9.17, 15) is 4.79 Å². The van der Waals surface area contributed by atoms with Gasteiger partial charge in [-0.1, -0.05) is 13.8 Å². The normalized spacial score (nSPS) is 21.5. The maximum atomic E-state index is 11.9. The van der Waals surface area contributed by atoms with Crippen molar-refractivity contribution in [3.05, 3.63) is 0 Å². The van der Waals surface area contributed by atoms with Gasteiger partial charge in [-0.05, 0) is 25.0 Å². The van der Waals surface area contributed by atoms with Gasteiger partial charge >= 0.3 is 0 Å². The lowest BCUT2D eigenvalue weighted by Crippen LogP contribution is -2.52. The third-order valence-corrected chi connectivity index (χ3v) is 3.86. The number of nitrogens with one attached hydrogen (secondary N) is 1. The van der Waals surface area contributed by atoms with Crippen LogP contribution < -0.4 is 5.32 Å². The SMILES string of the molecule is CC(C)CCSCC(=O)N1CCNCC1C. The van der Waals surface area contributed by atoms with Crippen molar-refractivity contribution in [2.75, 3.05) is 31.1 Å². The predicted molar refractivity (Wildman–Crippen MR) is 70.8 cm³/mol. The Morgan fingerprint density at radius 1 is 1.56 bits per heavy atom. The van der Waals surface area contributed by atoms with Crippen LogP contribution >= 0.6 is 11.8 Å². The van der Waals surface area contributed by atoms with E-state index in [4.69, 9.17) is 0 Å². The first-order valence-electron chi connectivity index (χ1n) is 6.19. The molecule has 1 amide bonds. The first-order valence-corrected chi connectivity index (χ1v) is 7.34. The van der Waals surface area contributed by atoms with Gasteiger partial charge < -0.3 is 10.2 Å². The molecular formula is C12H24N2OS. The molecule has 0 spiro atoms. The van der Waals surface area contributed by atoms with Crippen LogP contribution in [-0.4, -0.2) is 48.0 Å². The lowest BCUT2D eigenvalue weighted by atomic mass is 10.2. The van der Waals surface area contributed by atoms with E-state index in [1.807, 2.05) is 4.90 Å². The van der Waals surface area contributed by atoms with Crippen LogP contribution in [0.2, 0.25) is 0 Å². The summed E-state index contributed by atoms with van der Waals surface area (Å²) in [4.78, 5) is 13.9. The molecule has 0 radical (unpaired) electrons. The van der Waals surface area contributed by atoms with Crippen molar-refractivity contribution in [1.29, 1.82) is 0 Å². The maximum Gasteiger partial charge on any atom is 0.232 e. The minimum absolute atomic E-state index is 0.308. The molecule has 0 aliphatic carbocycles. The number of hydrogen-bond acceptors (Lipinski definition) is 3. The van der Waals surface area contributed by atoms with Crippen molar-refractivity contribution in [2.24, 2.45) is 5.92 Å². The molecule has 1 atom stereocenters. The van der Waals surface area contributed by atoms with Crippen LogP contribution in [0.15, 0.2) is 0 Å². The number of carbonyl (C=O) groups is 1. The van der Waals surface area contributed by atoms with Crippen LogP contribution in [0, 0.1) is 5.92 Å². The van der Waals surface area contributed by atoms with Gasteiger partial charge in [-0.3, -0.25) is 4.79 Å².